The summed E-state index contributed by atoms with van der Waals surface area (Å²) >= 11 is 0. The summed E-state index contributed by atoms with van der Waals surface area (Å²) in [6.07, 6.45) is 10.3. The van der Waals surface area contributed by atoms with Crippen LogP contribution in [0.15, 0.2) is 59.0 Å². The minimum atomic E-state index is -0.171. The van der Waals surface area contributed by atoms with Gasteiger partial charge >= 0.3 is 0 Å². The van der Waals surface area contributed by atoms with Crippen molar-refractivity contribution in [3.63, 3.8) is 0 Å². The van der Waals surface area contributed by atoms with E-state index in [9.17, 15) is 5.26 Å². The fourth-order valence-corrected chi connectivity index (χ4v) is 3.29. The second-order valence-corrected chi connectivity index (χ2v) is 6.34. The quantitative estimate of drug-likeness (QED) is 0.806. The van der Waals surface area contributed by atoms with Crippen molar-refractivity contribution in [2.24, 2.45) is 10.2 Å². The van der Waals surface area contributed by atoms with Crippen LogP contribution in [-0.4, -0.2) is 11.1 Å². The van der Waals surface area contributed by atoms with Crippen LogP contribution in [-0.2, 0) is 0 Å². The molecule has 0 amide bonds. The Morgan fingerprint density at radius 3 is 2.64 bits per heavy atom. The Kier molecular flexibility index (Phi) is 4.26. The van der Waals surface area contributed by atoms with Crippen LogP contribution in [0.25, 0.3) is 5.70 Å². The zero-order valence-electron chi connectivity index (χ0n) is 13.8. The van der Waals surface area contributed by atoms with Crippen molar-refractivity contribution in [2.45, 2.75) is 37.8 Å². The van der Waals surface area contributed by atoms with E-state index in [2.05, 4.69) is 21.3 Å². The average molecular weight is 330 g/mol. The van der Waals surface area contributed by atoms with E-state index in [1.165, 1.54) is 12.8 Å². The van der Waals surface area contributed by atoms with Crippen molar-refractivity contribution < 1.29 is 4.74 Å². The van der Waals surface area contributed by atoms with Crippen molar-refractivity contribution in [1.29, 1.82) is 5.26 Å². The Bertz CT molecular complexity index is 861. The molecular weight excluding hydrogens is 312 g/mol. The molecule has 0 spiro atoms. The van der Waals surface area contributed by atoms with Crippen molar-refractivity contribution in [3.8, 4) is 11.8 Å². The summed E-state index contributed by atoms with van der Waals surface area (Å²) in [5, 5.41) is 18.1. The molecule has 0 radical (unpaired) electrons. The third kappa shape index (κ3) is 3.29. The number of rotatable bonds is 4. The highest BCUT2D eigenvalue weighted by Crippen LogP contribution is 2.34. The molecular formula is C20H18N4O. The standard InChI is InChI=1S/C20H18N4O/c21-13-16-11-15(5-6-20(16)25-17-3-1-2-4-17)19-12-18(23-24-19)14-7-9-22-10-8-14/h5-12,17,19H,1-4H2. The molecule has 1 aliphatic heterocycles. The van der Waals surface area contributed by atoms with Crippen LogP contribution in [0.2, 0.25) is 0 Å². The summed E-state index contributed by atoms with van der Waals surface area (Å²) in [5.74, 6) is 0.673. The van der Waals surface area contributed by atoms with Gasteiger partial charge in [0.1, 0.15) is 17.9 Å². The molecule has 2 aliphatic rings. The van der Waals surface area contributed by atoms with Gasteiger partial charge in [0, 0.05) is 18.0 Å². The maximum absolute atomic E-state index is 9.48. The number of pyridine rings is 1. The Labute approximate surface area is 146 Å². The molecule has 5 heteroatoms. The third-order valence-electron chi connectivity index (χ3n) is 4.64. The van der Waals surface area contributed by atoms with Crippen molar-refractivity contribution in [3.05, 3.63) is 65.5 Å². The Hall–Kier alpha value is -3.00. The average Bonchev–Trinajstić information content (AvgIpc) is 3.35. The number of hydrogen-bond acceptors (Lipinski definition) is 5. The second-order valence-electron chi connectivity index (χ2n) is 6.34. The van der Waals surface area contributed by atoms with Crippen molar-refractivity contribution >= 4 is 5.70 Å². The first-order chi connectivity index (χ1) is 12.3. The van der Waals surface area contributed by atoms with Gasteiger partial charge in [0.05, 0.1) is 17.4 Å². The lowest BCUT2D eigenvalue weighted by Crippen LogP contribution is -2.11. The smallest absolute Gasteiger partial charge is 0.137 e. The van der Waals surface area contributed by atoms with E-state index < -0.39 is 0 Å². The van der Waals surface area contributed by atoms with E-state index in [0.29, 0.717) is 11.3 Å². The molecule has 1 aliphatic carbocycles. The van der Waals surface area contributed by atoms with Gasteiger partial charge < -0.3 is 4.74 Å². The number of ether oxygens (including phenoxy) is 1. The predicted octanol–water partition coefficient (Wildman–Crippen LogP) is 4.82. The molecule has 5 nitrogen and oxygen atoms in total. The lowest BCUT2D eigenvalue weighted by molar-refractivity contribution is 0.209. The van der Waals surface area contributed by atoms with Gasteiger partial charge in [-0.15, -0.1) is 0 Å². The maximum atomic E-state index is 9.48. The van der Waals surface area contributed by atoms with Crippen LogP contribution in [0, 0.1) is 11.3 Å². The van der Waals surface area contributed by atoms with Crippen LogP contribution in [0.1, 0.15) is 48.4 Å². The normalized spacial score (nSPS) is 19.6. The number of azo groups is 1. The number of nitrogens with zero attached hydrogens (tertiary/aromatic N) is 4. The molecule has 1 fully saturated rings. The van der Waals surface area contributed by atoms with Gasteiger partial charge in [-0.3, -0.25) is 4.98 Å². The van der Waals surface area contributed by atoms with Crippen molar-refractivity contribution in [1.82, 2.24) is 4.98 Å². The number of hydrogen-bond donors (Lipinski definition) is 0. The maximum Gasteiger partial charge on any atom is 0.137 e. The minimum Gasteiger partial charge on any atom is -0.489 e. The SMILES string of the molecule is N#Cc1cc(C2C=C(c3ccncc3)N=N2)ccc1OC1CCCC1. The van der Waals surface area contributed by atoms with E-state index in [-0.39, 0.29) is 12.1 Å². The van der Waals surface area contributed by atoms with Crippen LogP contribution in [0.5, 0.6) is 5.75 Å². The first-order valence-corrected chi connectivity index (χ1v) is 8.57. The predicted molar refractivity (Wildman–Crippen MR) is 93.9 cm³/mol. The molecule has 25 heavy (non-hydrogen) atoms. The Morgan fingerprint density at radius 2 is 1.88 bits per heavy atom. The molecule has 1 atom stereocenters. The summed E-state index contributed by atoms with van der Waals surface area (Å²) in [4.78, 5) is 4.02. The van der Waals surface area contributed by atoms with E-state index in [4.69, 9.17) is 4.74 Å². The van der Waals surface area contributed by atoms with Gasteiger partial charge in [-0.1, -0.05) is 6.07 Å². The van der Waals surface area contributed by atoms with Crippen LogP contribution >= 0.6 is 0 Å². The number of aromatic nitrogens is 1. The Balaban J connectivity index is 1.56. The van der Waals surface area contributed by atoms with Crippen LogP contribution in [0.4, 0.5) is 0 Å². The van der Waals surface area contributed by atoms with Gasteiger partial charge in [-0.25, -0.2) is 0 Å². The first kappa shape index (κ1) is 15.5. The molecule has 1 saturated carbocycles. The van der Waals surface area contributed by atoms with E-state index >= 15 is 0 Å². The molecule has 124 valence electrons. The lowest BCUT2D eigenvalue weighted by atomic mass is 10.0. The van der Waals surface area contributed by atoms with Gasteiger partial charge in [0.25, 0.3) is 0 Å². The fraction of sp³-hybridized carbons (Fsp3) is 0.300. The van der Waals surface area contributed by atoms with Gasteiger partial charge in [-0.2, -0.15) is 15.5 Å². The molecule has 1 unspecified atom stereocenters. The van der Waals surface area contributed by atoms with E-state index in [1.807, 2.05) is 36.4 Å². The van der Waals surface area contributed by atoms with Crippen LogP contribution < -0.4 is 4.74 Å². The zero-order valence-corrected chi connectivity index (χ0v) is 13.8. The van der Waals surface area contributed by atoms with Gasteiger partial charge in [0.15, 0.2) is 0 Å². The first-order valence-electron chi connectivity index (χ1n) is 8.57. The summed E-state index contributed by atoms with van der Waals surface area (Å²) in [6, 6.07) is 11.6. The van der Waals surface area contributed by atoms with Crippen molar-refractivity contribution in [2.75, 3.05) is 0 Å². The molecule has 1 aromatic heterocycles. The number of benzene rings is 1. The highest BCUT2D eigenvalue weighted by molar-refractivity contribution is 5.66. The molecule has 0 N–H and O–H groups in total. The monoisotopic (exact) mass is 330 g/mol. The highest BCUT2D eigenvalue weighted by Gasteiger charge is 2.20. The molecule has 0 bridgehead atoms. The van der Waals surface area contributed by atoms with E-state index in [1.54, 1.807) is 12.4 Å². The lowest BCUT2D eigenvalue weighted by Gasteiger charge is -2.15. The number of nitriles is 1. The van der Waals surface area contributed by atoms with E-state index in [0.717, 1.165) is 29.7 Å². The highest BCUT2D eigenvalue weighted by atomic mass is 16.5. The van der Waals surface area contributed by atoms with Gasteiger partial charge in [0.2, 0.25) is 0 Å². The summed E-state index contributed by atoms with van der Waals surface area (Å²) in [6.45, 7) is 0. The molecule has 2 heterocycles. The zero-order chi connectivity index (χ0) is 17.1. The summed E-state index contributed by atoms with van der Waals surface area (Å²) in [7, 11) is 0. The fourth-order valence-electron chi connectivity index (χ4n) is 3.29. The molecule has 4 rings (SSSR count). The largest absolute Gasteiger partial charge is 0.489 e. The van der Waals surface area contributed by atoms with Gasteiger partial charge in [-0.05, 0) is 61.6 Å². The Morgan fingerprint density at radius 1 is 1.08 bits per heavy atom. The molecule has 2 aromatic rings. The molecule has 1 aromatic carbocycles. The second kappa shape index (κ2) is 6.86. The van der Waals surface area contributed by atoms with Crippen LogP contribution in [0.3, 0.4) is 0 Å². The summed E-state index contributed by atoms with van der Waals surface area (Å²) < 4.78 is 6.01. The molecule has 0 saturated heterocycles. The third-order valence-corrected chi connectivity index (χ3v) is 4.64. The minimum absolute atomic E-state index is 0.171. The topological polar surface area (TPSA) is 70.6 Å². The summed E-state index contributed by atoms with van der Waals surface area (Å²) in [5.41, 5.74) is 3.33.